The monoisotopic (exact) mass is 237 g/mol. The highest BCUT2D eigenvalue weighted by atomic mass is 16.5. The van der Waals surface area contributed by atoms with Crippen LogP contribution in [0.25, 0.3) is 0 Å². The quantitative estimate of drug-likeness (QED) is 0.803. The Morgan fingerprint density at radius 2 is 2.29 bits per heavy atom. The average molecular weight is 237 g/mol. The van der Waals surface area contributed by atoms with Gasteiger partial charge in [0, 0.05) is 25.5 Å². The normalized spacial score (nSPS) is 21.3. The number of hydrogen-bond acceptors (Lipinski definition) is 5. The lowest BCUT2D eigenvalue weighted by molar-refractivity contribution is -0.142. The zero-order valence-electron chi connectivity index (χ0n) is 9.45. The number of aliphatic carboxylic acids is 1. The Kier molecular flexibility index (Phi) is 4.00. The maximum atomic E-state index is 10.6. The van der Waals surface area contributed by atoms with E-state index in [0.29, 0.717) is 19.7 Å². The number of ether oxygens (including phenoxy) is 1. The molecule has 92 valence electrons. The van der Waals surface area contributed by atoms with Crippen LogP contribution in [0.4, 0.5) is 0 Å². The summed E-state index contributed by atoms with van der Waals surface area (Å²) in [6.45, 7) is 2.60. The van der Waals surface area contributed by atoms with E-state index < -0.39 is 5.97 Å². The van der Waals surface area contributed by atoms with Crippen LogP contribution < -0.4 is 0 Å². The van der Waals surface area contributed by atoms with Crippen molar-refractivity contribution in [2.75, 3.05) is 19.7 Å². The third kappa shape index (κ3) is 3.76. The topological polar surface area (TPSA) is 75.5 Å². The molecule has 1 aliphatic heterocycles. The predicted octanol–water partition coefficient (Wildman–Crippen LogP) is 0.152. The molecule has 1 fully saturated rings. The van der Waals surface area contributed by atoms with Crippen molar-refractivity contribution in [2.45, 2.75) is 19.1 Å². The highest BCUT2D eigenvalue weighted by molar-refractivity contribution is 5.67. The maximum absolute atomic E-state index is 10.6. The molecular weight excluding hydrogens is 222 g/mol. The van der Waals surface area contributed by atoms with Crippen molar-refractivity contribution in [1.82, 2.24) is 14.9 Å². The summed E-state index contributed by atoms with van der Waals surface area (Å²) in [6, 6.07) is 1.77. The van der Waals surface area contributed by atoms with Crippen LogP contribution in [0, 0.1) is 0 Å². The summed E-state index contributed by atoms with van der Waals surface area (Å²) < 4.78 is 5.39. The van der Waals surface area contributed by atoms with E-state index in [1.807, 2.05) is 0 Å². The molecule has 0 spiro atoms. The van der Waals surface area contributed by atoms with Gasteiger partial charge in [0.05, 0.1) is 25.7 Å². The molecule has 6 nitrogen and oxygen atoms in total. The smallest absolute Gasteiger partial charge is 0.306 e. The summed E-state index contributed by atoms with van der Waals surface area (Å²) >= 11 is 0. The summed E-state index contributed by atoms with van der Waals surface area (Å²) in [5.74, 6) is -0.0729. The Morgan fingerprint density at radius 3 is 3.00 bits per heavy atom. The SMILES string of the molecule is O=C(O)CC1CN(Cc2ncccn2)CCO1. The molecule has 0 aromatic carbocycles. The third-order valence-electron chi connectivity index (χ3n) is 2.61. The lowest BCUT2D eigenvalue weighted by Crippen LogP contribution is -2.43. The van der Waals surface area contributed by atoms with Gasteiger partial charge in [-0.2, -0.15) is 0 Å². The first-order valence-corrected chi connectivity index (χ1v) is 5.55. The van der Waals surface area contributed by atoms with Crippen LogP contribution in [0.1, 0.15) is 12.2 Å². The van der Waals surface area contributed by atoms with Gasteiger partial charge in [-0.05, 0) is 6.07 Å². The predicted molar refractivity (Wildman–Crippen MR) is 59.3 cm³/mol. The first-order chi connectivity index (χ1) is 8.24. The van der Waals surface area contributed by atoms with Crippen LogP contribution in [-0.2, 0) is 16.1 Å². The van der Waals surface area contributed by atoms with Crippen molar-refractivity contribution in [2.24, 2.45) is 0 Å². The van der Waals surface area contributed by atoms with Crippen LogP contribution in [-0.4, -0.2) is 51.7 Å². The van der Waals surface area contributed by atoms with E-state index in [1.54, 1.807) is 18.5 Å². The molecule has 1 saturated heterocycles. The lowest BCUT2D eigenvalue weighted by Gasteiger charge is -2.31. The fraction of sp³-hybridized carbons (Fsp3) is 0.545. The first kappa shape index (κ1) is 11.9. The van der Waals surface area contributed by atoms with Gasteiger partial charge in [0.15, 0.2) is 0 Å². The third-order valence-corrected chi connectivity index (χ3v) is 2.61. The highest BCUT2D eigenvalue weighted by Gasteiger charge is 2.23. The fourth-order valence-corrected chi connectivity index (χ4v) is 1.85. The Labute approximate surface area is 99.2 Å². The van der Waals surface area contributed by atoms with Gasteiger partial charge in [-0.3, -0.25) is 9.69 Å². The second kappa shape index (κ2) is 5.70. The standard InChI is InChI=1S/C11H15N3O3/c15-11(16)6-9-7-14(4-5-17-9)8-10-12-2-1-3-13-10/h1-3,9H,4-8H2,(H,15,16). The van der Waals surface area contributed by atoms with Gasteiger partial charge in [-0.15, -0.1) is 0 Å². The molecule has 2 rings (SSSR count). The number of nitrogens with zero attached hydrogens (tertiary/aromatic N) is 3. The van der Waals surface area contributed by atoms with Crippen molar-refractivity contribution >= 4 is 5.97 Å². The molecule has 1 atom stereocenters. The van der Waals surface area contributed by atoms with Gasteiger partial charge < -0.3 is 9.84 Å². The number of carboxylic acid groups (broad SMARTS) is 1. The molecule has 0 radical (unpaired) electrons. The molecule has 0 amide bonds. The van der Waals surface area contributed by atoms with E-state index in [9.17, 15) is 4.79 Å². The molecule has 1 N–H and O–H groups in total. The average Bonchev–Trinajstić information content (AvgIpc) is 2.30. The summed E-state index contributed by atoms with van der Waals surface area (Å²) in [5, 5.41) is 8.72. The van der Waals surface area contributed by atoms with Crippen LogP contribution >= 0.6 is 0 Å². The molecule has 6 heteroatoms. The molecule has 0 bridgehead atoms. The van der Waals surface area contributed by atoms with Gasteiger partial charge >= 0.3 is 5.97 Å². The van der Waals surface area contributed by atoms with Gasteiger partial charge in [0.25, 0.3) is 0 Å². The maximum Gasteiger partial charge on any atom is 0.306 e. The fourth-order valence-electron chi connectivity index (χ4n) is 1.85. The number of carboxylic acids is 1. The van der Waals surface area contributed by atoms with E-state index >= 15 is 0 Å². The van der Waals surface area contributed by atoms with Gasteiger partial charge in [0.1, 0.15) is 5.82 Å². The van der Waals surface area contributed by atoms with Gasteiger partial charge in [0.2, 0.25) is 0 Å². The number of carbonyl (C=O) groups is 1. The van der Waals surface area contributed by atoms with Crippen molar-refractivity contribution in [1.29, 1.82) is 0 Å². The second-order valence-corrected chi connectivity index (χ2v) is 3.99. The zero-order chi connectivity index (χ0) is 12.1. The Balaban J connectivity index is 1.87. The Hall–Kier alpha value is -1.53. The van der Waals surface area contributed by atoms with E-state index in [-0.39, 0.29) is 12.5 Å². The Bertz CT molecular complexity index is 371. The number of hydrogen-bond donors (Lipinski definition) is 1. The summed E-state index contributed by atoms with van der Waals surface area (Å²) in [4.78, 5) is 21.0. The largest absolute Gasteiger partial charge is 0.481 e. The molecule has 1 unspecified atom stereocenters. The molecule has 0 saturated carbocycles. The van der Waals surface area contributed by atoms with E-state index in [2.05, 4.69) is 14.9 Å². The number of morpholine rings is 1. The summed E-state index contributed by atoms with van der Waals surface area (Å²) in [6.07, 6.45) is 3.23. The molecule has 1 aromatic rings. The summed E-state index contributed by atoms with van der Waals surface area (Å²) in [5.41, 5.74) is 0. The zero-order valence-corrected chi connectivity index (χ0v) is 9.45. The second-order valence-electron chi connectivity index (χ2n) is 3.99. The van der Waals surface area contributed by atoms with E-state index in [4.69, 9.17) is 9.84 Å². The minimum Gasteiger partial charge on any atom is -0.481 e. The molecule has 0 aliphatic carbocycles. The van der Waals surface area contributed by atoms with Crippen molar-refractivity contribution in [3.05, 3.63) is 24.3 Å². The molecule has 2 heterocycles. The molecule has 17 heavy (non-hydrogen) atoms. The number of rotatable bonds is 4. The minimum absolute atomic E-state index is 0.0478. The van der Waals surface area contributed by atoms with Crippen LogP contribution in [0.15, 0.2) is 18.5 Å². The lowest BCUT2D eigenvalue weighted by atomic mass is 10.2. The summed E-state index contributed by atoms with van der Waals surface area (Å²) in [7, 11) is 0. The van der Waals surface area contributed by atoms with Crippen molar-refractivity contribution < 1.29 is 14.6 Å². The minimum atomic E-state index is -0.826. The Morgan fingerprint density at radius 1 is 1.53 bits per heavy atom. The first-order valence-electron chi connectivity index (χ1n) is 5.55. The van der Waals surface area contributed by atoms with E-state index in [0.717, 1.165) is 12.4 Å². The van der Waals surface area contributed by atoms with Crippen molar-refractivity contribution in [3.8, 4) is 0 Å². The number of aromatic nitrogens is 2. The van der Waals surface area contributed by atoms with Crippen molar-refractivity contribution in [3.63, 3.8) is 0 Å². The van der Waals surface area contributed by atoms with Crippen LogP contribution in [0.3, 0.4) is 0 Å². The van der Waals surface area contributed by atoms with E-state index in [1.165, 1.54) is 0 Å². The van der Waals surface area contributed by atoms with Crippen LogP contribution in [0.2, 0.25) is 0 Å². The highest BCUT2D eigenvalue weighted by Crippen LogP contribution is 2.10. The molecule has 1 aliphatic rings. The van der Waals surface area contributed by atoms with Gasteiger partial charge in [-0.25, -0.2) is 9.97 Å². The molecule has 1 aromatic heterocycles. The molecular formula is C11H15N3O3. The van der Waals surface area contributed by atoms with Gasteiger partial charge in [-0.1, -0.05) is 0 Å². The van der Waals surface area contributed by atoms with Crippen LogP contribution in [0.5, 0.6) is 0 Å².